The zero-order valence-electron chi connectivity index (χ0n) is 16.1. The molecular formula is C20H27N3O4. The van der Waals surface area contributed by atoms with Crippen molar-refractivity contribution in [3.8, 4) is 0 Å². The summed E-state index contributed by atoms with van der Waals surface area (Å²) in [5.74, 6) is -0.929. The van der Waals surface area contributed by atoms with Gasteiger partial charge in [0.1, 0.15) is 17.5 Å². The maximum absolute atomic E-state index is 13.3. The molecule has 2 saturated carbocycles. The van der Waals surface area contributed by atoms with E-state index >= 15 is 0 Å². The monoisotopic (exact) mass is 373 g/mol. The number of fused-ring (bicyclic) bond motifs is 3. The van der Waals surface area contributed by atoms with E-state index in [0.717, 1.165) is 18.5 Å². The van der Waals surface area contributed by atoms with Crippen molar-refractivity contribution in [2.75, 3.05) is 0 Å². The summed E-state index contributed by atoms with van der Waals surface area (Å²) in [5, 5.41) is 20.5. The summed E-state index contributed by atoms with van der Waals surface area (Å²) in [5.41, 5.74) is -1.29. The first-order chi connectivity index (χ1) is 12.7. The number of rotatable bonds is 3. The molecule has 1 aromatic heterocycles. The van der Waals surface area contributed by atoms with Gasteiger partial charge in [0.25, 0.3) is 0 Å². The fourth-order valence-electron chi connectivity index (χ4n) is 5.57. The zero-order valence-corrected chi connectivity index (χ0v) is 16.1. The van der Waals surface area contributed by atoms with E-state index in [4.69, 9.17) is 4.74 Å². The van der Waals surface area contributed by atoms with Gasteiger partial charge in [-0.3, -0.25) is 4.79 Å². The number of esters is 1. The minimum Gasteiger partial charge on any atom is -0.457 e. The standard InChI is InChI=1S/C20H27N3O4/c1-5-6-13-10-23(22-21-13)15-9-16(24)19(4)17-14(12(3)18(25)27-17)8-7-11(2)20(15,19)26/h10-11,14-15,17,26H,3,5-9H2,1-2,4H3/t11-,14-,15-,17+,19-,20-/m0/s1. The van der Waals surface area contributed by atoms with E-state index in [-0.39, 0.29) is 24.0 Å². The molecule has 6 atom stereocenters. The number of hydrogen-bond acceptors (Lipinski definition) is 6. The van der Waals surface area contributed by atoms with Crippen LogP contribution in [-0.2, 0) is 20.7 Å². The number of aryl methyl sites for hydroxylation is 1. The molecule has 0 aromatic carbocycles. The van der Waals surface area contributed by atoms with E-state index in [1.54, 1.807) is 11.6 Å². The first kappa shape index (κ1) is 18.3. The van der Waals surface area contributed by atoms with Crippen molar-refractivity contribution in [2.24, 2.45) is 17.3 Å². The lowest BCUT2D eigenvalue weighted by Gasteiger charge is -2.46. The molecule has 1 aliphatic heterocycles. The van der Waals surface area contributed by atoms with Gasteiger partial charge in [-0.25, -0.2) is 9.48 Å². The van der Waals surface area contributed by atoms with E-state index in [1.165, 1.54) is 0 Å². The smallest absolute Gasteiger partial charge is 0.334 e. The van der Waals surface area contributed by atoms with E-state index in [0.29, 0.717) is 18.4 Å². The average Bonchev–Trinajstić information content (AvgIpc) is 3.24. The van der Waals surface area contributed by atoms with Crippen LogP contribution in [0, 0.1) is 17.3 Å². The van der Waals surface area contributed by atoms with Crippen molar-refractivity contribution >= 4 is 11.8 Å². The topological polar surface area (TPSA) is 94.3 Å². The molecule has 1 N–H and O–H groups in total. The highest BCUT2D eigenvalue weighted by atomic mass is 16.6. The Labute approximate surface area is 158 Å². The minimum atomic E-state index is -1.37. The Hall–Kier alpha value is -2.02. The molecule has 3 aliphatic rings. The van der Waals surface area contributed by atoms with Crippen molar-refractivity contribution in [1.29, 1.82) is 0 Å². The third-order valence-corrected chi connectivity index (χ3v) is 7.22. The first-order valence-corrected chi connectivity index (χ1v) is 9.81. The number of carbonyl (C=O) groups excluding carboxylic acids is 2. The van der Waals surface area contributed by atoms with Crippen LogP contribution in [0.2, 0.25) is 0 Å². The van der Waals surface area contributed by atoms with Crippen LogP contribution >= 0.6 is 0 Å². The molecule has 1 aromatic rings. The lowest BCUT2D eigenvalue weighted by atomic mass is 9.64. The molecule has 1 saturated heterocycles. The Kier molecular flexibility index (Phi) is 4.07. The van der Waals surface area contributed by atoms with Crippen molar-refractivity contribution in [3.63, 3.8) is 0 Å². The highest BCUT2D eigenvalue weighted by molar-refractivity contribution is 5.95. The van der Waals surface area contributed by atoms with Crippen molar-refractivity contribution in [1.82, 2.24) is 15.0 Å². The highest BCUT2D eigenvalue weighted by Gasteiger charge is 2.72. The fourth-order valence-corrected chi connectivity index (χ4v) is 5.57. The number of aromatic nitrogens is 3. The second kappa shape index (κ2) is 5.99. The molecule has 2 aliphatic carbocycles. The Morgan fingerprint density at radius 2 is 2.15 bits per heavy atom. The lowest BCUT2D eigenvalue weighted by molar-refractivity contribution is -0.178. The number of nitrogens with zero attached hydrogens (tertiary/aromatic N) is 3. The quantitative estimate of drug-likeness (QED) is 0.643. The largest absolute Gasteiger partial charge is 0.457 e. The number of Topliss-reactive ketones (excluding diaryl/α,β-unsaturated/α-hetero) is 1. The third-order valence-electron chi connectivity index (χ3n) is 7.22. The van der Waals surface area contributed by atoms with Gasteiger partial charge in [-0.05, 0) is 32.1 Å². The summed E-state index contributed by atoms with van der Waals surface area (Å²) in [7, 11) is 0. The number of aliphatic hydroxyl groups is 1. The van der Waals surface area contributed by atoms with E-state index in [1.807, 2.05) is 13.1 Å². The Bertz CT molecular complexity index is 818. The molecule has 0 bridgehead atoms. The average molecular weight is 373 g/mol. The van der Waals surface area contributed by atoms with E-state index < -0.39 is 29.1 Å². The van der Waals surface area contributed by atoms with Crippen LogP contribution in [0.4, 0.5) is 0 Å². The summed E-state index contributed by atoms with van der Waals surface area (Å²) in [6, 6.07) is -0.519. The summed E-state index contributed by atoms with van der Waals surface area (Å²) >= 11 is 0. The molecule has 0 radical (unpaired) electrons. The molecule has 2 heterocycles. The molecule has 0 unspecified atom stereocenters. The highest BCUT2D eigenvalue weighted by Crippen LogP contribution is 2.61. The van der Waals surface area contributed by atoms with Gasteiger partial charge in [0.2, 0.25) is 0 Å². The van der Waals surface area contributed by atoms with Crippen LogP contribution in [0.1, 0.15) is 58.2 Å². The molecular weight excluding hydrogens is 346 g/mol. The molecule has 27 heavy (non-hydrogen) atoms. The van der Waals surface area contributed by atoms with Crippen LogP contribution in [0.5, 0.6) is 0 Å². The molecule has 7 nitrogen and oxygen atoms in total. The van der Waals surface area contributed by atoms with Gasteiger partial charge in [-0.1, -0.05) is 32.1 Å². The van der Waals surface area contributed by atoms with Crippen LogP contribution in [0.25, 0.3) is 0 Å². The van der Waals surface area contributed by atoms with Crippen molar-refractivity contribution < 1.29 is 19.4 Å². The van der Waals surface area contributed by atoms with E-state index in [2.05, 4.69) is 23.8 Å². The van der Waals surface area contributed by atoms with Gasteiger partial charge in [0.05, 0.1) is 17.2 Å². The van der Waals surface area contributed by atoms with Gasteiger partial charge < -0.3 is 9.84 Å². The van der Waals surface area contributed by atoms with Crippen molar-refractivity contribution in [3.05, 3.63) is 24.0 Å². The number of hydrogen-bond donors (Lipinski definition) is 1. The zero-order chi connectivity index (χ0) is 19.6. The summed E-state index contributed by atoms with van der Waals surface area (Å²) in [6.45, 7) is 9.68. The van der Waals surface area contributed by atoms with E-state index in [9.17, 15) is 14.7 Å². The third kappa shape index (κ3) is 2.24. The Morgan fingerprint density at radius 1 is 1.41 bits per heavy atom. The van der Waals surface area contributed by atoms with Gasteiger partial charge >= 0.3 is 5.97 Å². The molecule has 146 valence electrons. The second-order valence-electron chi connectivity index (χ2n) is 8.55. The molecule has 0 amide bonds. The number of ether oxygens (including phenoxy) is 1. The first-order valence-electron chi connectivity index (χ1n) is 9.81. The normalized spacial score (nSPS) is 41.3. The van der Waals surface area contributed by atoms with Crippen LogP contribution in [0.15, 0.2) is 18.3 Å². The molecule has 0 spiro atoms. The maximum atomic E-state index is 13.3. The Balaban J connectivity index is 1.81. The van der Waals surface area contributed by atoms with Crippen molar-refractivity contribution in [2.45, 2.75) is 70.6 Å². The summed E-state index contributed by atoms with van der Waals surface area (Å²) in [4.78, 5) is 25.4. The molecule has 3 fully saturated rings. The summed E-state index contributed by atoms with van der Waals surface area (Å²) < 4.78 is 7.27. The lowest BCUT2D eigenvalue weighted by Crippen LogP contribution is -2.59. The molecule has 7 heteroatoms. The van der Waals surface area contributed by atoms with Gasteiger partial charge in [0, 0.05) is 24.1 Å². The maximum Gasteiger partial charge on any atom is 0.334 e. The van der Waals surface area contributed by atoms with Crippen LogP contribution in [0.3, 0.4) is 0 Å². The van der Waals surface area contributed by atoms with Gasteiger partial charge in [-0.2, -0.15) is 0 Å². The molecule has 4 rings (SSSR count). The van der Waals surface area contributed by atoms with Crippen LogP contribution < -0.4 is 0 Å². The summed E-state index contributed by atoms with van der Waals surface area (Å²) in [6.07, 6.45) is 4.41. The predicted molar refractivity (Wildman–Crippen MR) is 96.6 cm³/mol. The van der Waals surface area contributed by atoms with Gasteiger partial charge in [0.15, 0.2) is 0 Å². The van der Waals surface area contributed by atoms with Gasteiger partial charge in [-0.15, -0.1) is 5.10 Å². The minimum absolute atomic E-state index is 0.0891. The number of ketones is 1. The number of carbonyl (C=O) groups is 2. The van der Waals surface area contributed by atoms with Crippen LogP contribution in [-0.4, -0.2) is 43.6 Å². The predicted octanol–water partition coefficient (Wildman–Crippen LogP) is 2.01. The Morgan fingerprint density at radius 3 is 2.85 bits per heavy atom. The second-order valence-corrected chi connectivity index (χ2v) is 8.55. The fraction of sp³-hybridized carbons (Fsp3) is 0.700. The SMILES string of the molecule is C=C1C(=O)O[C@@H]2[C@H]1CC[C@H](C)[C@]1(O)[C@@H](n3cc(CCC)nn3)CC(=O)[C@@]21C.